The number of nitrogens with two attached hydrogens (primary N) is 1. The van der Waals surface area contributed by atoms with Crippen LogP contribution in [0.2, 0.25) is 0 Å². The third-order valence-electron chi connectivity index (χ3n) is 4.07. The molecule has 0 fully saturated rings. The van der Waals surface area contributed by atoms with E-state index in [0.717, 1.165) is 5.56 Å². The fourth-order valence-electron chi connectivity index (χ4n) is 2.63. The molecule has 7 nitrogen and oxygen atoms in total. The first-order valence-electron chi connectivity index (χ1n) is 8.36. The van der Waals surface area contributed by atoms with Gasteiger partial charge in [0.15, 0.2) is 0 Å². The van der Waals surface area contributed by atoms with E-state index in [1.165, 1.54) is 24.3 Å². The number of primary sulfonamides is 1. The highest BCUT2D eigenvalue weighted by Gasteiger charge is 2.24. The maximum atomic E-state index is 12.5. The highest BCUT2D eigenvalue weighted by atomic mass is 32.2. The summed E-state index contributed by atoms with van der Waals surface area (Å²) in [6.45, 7) is 5.97. The molecule has 148 valence electrons. The largest absolute Gasteiger partial charge is 0.304 e. The molecule has 0 bridgehead atoms. The van der Waals surface area contributed by atoms with E-state index in [-0.39, 0.29) is 22.4 Å². The van der Waals surface area contributed by atoms with Gasteiger partial charge in [0.1, 0.15) is 0 Å². The fourth-order valence-corrected chi connectivity index (χ4v) is 4.36. The Bertz CT molecular complexity index is 971. The van der Waals surface area contributed by atoms with Gasteiger partial charge in [0.25, 0.3) is 0 Å². The van der Waals surface area contributed by atoms with Crippen LogP contribution in [0.3, 0.4) is 0 Å². The molecule has 27 heavy (non-hydrogen) atoms. The standard InChI is InChI=1S/C18H25N3O4S2/c1-14(15-7-5-4-6-8-15)21-18(2,3)13-20-27(24,25)17-11-9-16(10-12-17)26(19,22)23/h4-12,14,20-21H,13H2,1-3H3,(H2,19,22,23). The second kappa shape index (κ2) is 8.07. The molecule has 9 heteroatoms. The number of nitrogens with one attached hydrogen (secondary N) is 2. The fraction of sp³-hybridized carbons (Fsp3) is 0.333. The van der Waals surface area contributed by atoms with Crippen molar-refractivity contribution in [2.45, 2.75) is 42.1 Å². The zero-order chi connectivity index (χ0) is 20.3. The minimum Gasteiger partial charge on any atom is -0.304 e. The molecule has 0 aliphatic carbocycles. The molecular formula is C18H25N3O4S2. The molecule has 0 aliphatic heterocycles. The Balaban J connectivity index is 2.05. The SMILES string of the molecule is CC(NC(C)(C)CNS(=O)(=O)c1ccc(S(N)(=O)=O)cc1)c1ccccc1. The van der Waals surface area contributed by atoms with Crippen LogP contribution in [-0.4, -0.2) is 28.9 Å². The highest BCUT2D eigenvalue weighted by molar-refractivity contribution is 7.89. The second-order valence-electron chi connectivity index (χ2n) is 7.00. The van der Waals surface area contributed by atoms with Crippen LogP contribution >= 0.6 is 0 Å². The number of hydrogen-bond donors (Lipinski definition) is 3. The Morgan fingerprint density at radius 3 is 1.96 bits per heavy atom. The summed E-state index contributed by atoms with van der Waals surface area (Å²) >= 11 is 0. The van der Waals surface area contributed by atoms with E-state index in [9.17, 15) is 16.8 Å². The lowest BCUT2D eigenvalue weighted by atomic mass is 10.0. The van der Waals surface area contributed by atoms with Gasteiger partial charge in [0.05, 0.1) is 9.79 Å². The Morgan fingerprint density at radius 1 is 0.926 bits per heavy atom. The first-order chi connectivity index (χ1) is 12.4. The van der Waals surface area contributed by atoms with E-state index in [4.69, 9.17) is 5.14 Å². The van der Waals surface area contributed by atoms with Crippen LogP contribution in [0.5, 0.6) is 0 Å². The quantitative estimate of drug-likeness (QED) is 0.611. The Hall–Kier alpha value is -1.78. The number of sulfonamides is 2. The summed E-state index contributed by atoms with van der Waals surface area (Å²) in [7, 11) is -7.65. The van der Waals surface area contributed by atoms with Crippen molar-refractivity contribution in [2.24, 2.45) is 5.14 Å². The van der Waals surface area contributed by atoms with Crippen LogP contribution in [0.15, 0.2) is 64.4 Å². The molecule has 0 aliphatic rings. The van der Waals surface area contributed by atoms with Crippen molar-refractivity contribution in [3.05, 3.63) is 60.2 Å². The van der Waals surface area contributed by atoms with E-state index < -0.39 is 25.6 Å². The van der Waals surface area contributed by atoms with Gasteiger partial charge in [-0.25, -0.2) is 26.7 Å². The normalized spacial score (nSPS) is 14.1. The zero-order valence-corrected chi connectivity index (χ0v) is 17.1. The maximum absolute atomic E-state index is 12.5. The summed E-state index contributed by atoms with van der Waals surface area (Å²) in [5, 5.41) is 8.43. The van der Waals surface area contributed by atoms with Crippen LogP contribution in [0.25, 0.3) is 0 Å². The lowest BCUT2D eigenvalue weighted by molar-refractivity contribution is 0.346. The monoisotopic (exact) mass is 411 g/mol. The van der Waals surface area contributed by atoms with Crippen LogP contribution in [0, 0.1) is 0 Å². The van der Waals surface area contributed by atoms with E-state index in [1.807, 2.05) is 51.1 Å². The Morgan fingerprint density at radius 2 is 1.44 bits per heavy atom. The zero-order valence-electron chi connectivity index (χ0n) is 15.5. The topological polar surface area (TPSA) is 118 Å². The lowest BCUT2D eigenvalue weighted by Gasteiger charge is -2.30. The van der Waals surface area contributed by atoms with Gasteiger partial charge in [-0.2, -0.15) is 0 Å². The van der Waals surface area contributed by atoms with E-state index in [2.05, 4.69) is 10.0 Å². The van der Waals surface area contributed by atoms with Gasteiger partial charge in [-0.1, -0.05) is 30.3 Å². The summed E-state index contributed by atoms with van der Waals surface area (Å²) in [4.78, 5) is -0.165. The van der Waals surface area contributed by atoms with Crippen LogP contribution in [0.4, 0.5) is 0 Å². The van der Waals surface area contributed by atoms with Crippen molar-refractivity contribution in [2.75, 3.05) is 6.54 Å². The molecule has 0 aromatic heterocycles. The molecule has 2 aromatic rings. The summed E-state index contributed by atoms with van der Waals surface area (Å²) < 4.78 is 50.1. The van der Waals surface area contributed by atoms with Crippen molar-refractivity contribution >= 4 is 20.0 Å². The lowest BCUT2D eigenvalue weighted by Crippen LogP contribution is -2.49. The minimum absolute atomic E-state index is 0.0261. The van der Waals surface area contributed by atoms with Crippen molar-refractivity contribution in [3.8, 4) is 0 Å². The minimum atomic E-state index is -3.87. The van der Waals surface area contributed by atoms with Crippen LogP contribution < -0.4 is 15.2 Å². The first-order valence-corrected chi connectivity index (χ1v) is 11.4. The van der Waals surface area contributed by atoms with Crippen molar-refractivity contribution < 1.29 is 16.8 Å². The second-order valence-corrected chi connectivity index (χ2v) is 10.3. The van der Waals surface area contributed by atoms with Gasteiger partial charge >= 0.3 is 0 Å². The third-order valence-corrected chi connectivity index (χ3v) is 6.42. The maximum Gasteiger partial charge on any atom is 0.240 e. The number of hydrogen-bond acceptors (Lipinski definition) is 5. The summed E-state index contributed by atoms with van der Waals surface area (Å²) in [5.41, 5.74) is 0.593. The van der Waals surface area contributed by atoms with Gasteiger partial charge in [-0.15, -0.1) is 0 Å². The molecule has 0 radical (unpaired) electrons. The number of benzene rings is 2. The predicted octanol–water partition coefficient (Wildman–Crippen LogP) is 1.74. The van der Waals surface area contributed by atoms with E-state index >= 15 is 0 Å². The van der Waals surface area contributed by atoms with Gasteiger partial charge < -0.3 is 5.32 Å². The molecule has 0 saturated heterocycles. The molecule has 0 heterocycles. The highest BCUT2D eigenvalue weighted by Crippen LogP contribution is 2.17. The molecular weight excluding hydrogens is 386 g/mol. The van der Waals surface area contributed by atoms with Gasteiger partial charge in [-0.3, -0.25) is 0 Å². The van der Waals surface area contributed by atoms with Crippen molar-refractivity contribution in [1.29, 1.82) is 0 Å². The van der Waals surface area contributed by atoms with Gasteiger partial charge in [0, 0.05) is 18.1 Å². The van der Waals surface area contributed by atoms with Crippen molar-refractivity contribution in [1.82, 2.24) is 10.0 Å². The predicted molar refractivity (Wildman–Crippen MR) is 105 cm³/mol. The smallest absolute Gasteiger partial charge is 0.240 e. The van der Waals surface area contributed by atoms with E-state index in [1.54, 1.807) is 0 Å². The van der Waals surface area contributed by atoms with Crippen LogP contribution in [0.1, 0.15) is 32.4 Å². The summed E-state index contributed by atoms with van der Waals surface area (Å²) in [5.74, 6) is 0. The van der Waals surface area contributed by atoms with Crippen molar-refractivity contribution in [3.63, 3.8) is 0 Å². The Labute approximate surface area is 161 Å². The Kier molecular flexibility index (Phi) is 6.43. The van der Waals surface area contributed by atoms with Gasteiger partial charge in [0.2, 0.25) is 20.0 Å². The average molecular weight is 412 g/mol. The molecule has 2 rings (SSSR count). The molecule has 0 saturated carbocycles. The molecule has 1 unspecified atom stereocenters. The molecule has 0 spiro atoms. The molecule has 2 aromatic carbocycles. The number of rotatable bonds is 8. The third kappa shape index (κ3) is 6.12. The molecule has 1 atom stereocenters. The molecule has 0 amide bonds. The summed E-state index contributed by atoms with van der Waals surface area (Å²) in [6, 6.07) is 14.7. The average Bonchev–Trinajstić information content (AvgIpc) is 2.60. The van der Waals surface area contributed by atoms with Crippen LogP contribution in [-0.2, 0) is 20.0 Å². The summed E-state index contributed by atoms with van der Waals surface area (Å²) in [6.07, 6.45) is 0. The van der Waals surface area contributed by atoms with E-state index in [0.29, 0.717) is 0 Å². The first kappa shape index (κ1) is 21.5. The molecule has 4 N–H and O–H groups in total. The van der Waals surface area contributed by atoms with Gasteiger partial charge in [-0.05, 0) is 50.6 Å².